The van der Waals surface area contributed by atoms with Gasteiger partial charge in [-0.05, 0) is 37.0 Å². The summed E-state index contributed by atoms with van der Waals surface area (Å²) in [5.74, 6) is 1.78. The van der Waals surface area contributed by atoms with E-state index in [1.165, 1.54) is 6.33 Å². The van der Waals surface area contributed by atoms with E-state index in [9.17, 15) is 0 Å². The number of hydrogen-bond acceptors (Lipinski definition) is 5. The van der Waals surface area contributed by atoms with Crippen molar-refractivity contribution in [2.45, 2.75) is 25.9 Å². The van der Waals surface area contributed by atoms with Crippen LogP contribution in [0.3, 0.4) is 0 Å². The van der Waals surface area contributed by atoms with Gasteiger partial charge in [0.1, 0.15) is 6.33 Å². The molecule has 1 aliphatic rings. The lowest BCUT2D eigenvalue weighted by Gasteiger charge is -2.12. The molecular weight excluding hydrogens is 256 g/mol. The molecule has 20 heavy (non-hydrogen) atoms. The van der Waals surface area contributed by atoms with Crippen molar-refractivity contribution in [2.24, 2.45) is 0 Å². The molecule has 0 aliphatic heterocycles. The highest BCUT2D eigenvalue weighted by Crippen LogP contribution is 2.35. The lowest BCUT2D eigenvalue weighted by Crippen LogP contribution is -1.98. The smallest absolute Gasteiger partial charge is 0.225 e. The van der Waals surface area contributed by atoms with E-state index in [1.54, 1.807) is 25.3 Å². The van der Waals surface area contributed by atoms with Crippen LogP contribution in [-0.2, 0) is 19.4 Å². The Labute approximate surface area is 117 Å². The maximum absolute atomic E-state index is 9.15. The Morgan fingerprint density at radius 1 is 1.20 bits per heavy atom. The minimum atomic E-state index is -0.0282. The average Bonchev–Trinajstić information content (AvgIpc) is 2.97. The van der Waals surface area contributed by atoms with Gasteiger partial charge < -0.3 is 14.6 Å². The van der Waals surface area contributed by atoms with Crippen molar-refractivity contribution >= 4 is 0 Å². The lowest BCUT2D eigenvalue weighted by molar-refractivity contribution is 0.280. The molecule has 0 unspecified atom stereocenters. The second-order valence-electron chi connectivity index (χ2n) is 4.70. The number of ether oxygens (including phenoxy) is 2. The molecule has 0 saturated heterocycles. The first kappa shape index (κ1) is 12.9. The van der Waals surface area contributed by atoms with Crippen LogP contribution in [0.5, 0.6) is 17.4 Å². The molecule has 104 valence electrons. The van der Waals surface area contributed by atoms with Gasteiger partial charge in [-0.25, -0.2) is 9.97 Å². The molecule has 0 saturated carbocycles. The van der Waals surface area contributed by atoms with Crippen molar-refractivity contribution in [1.29, 1.82) is 0 Å². The first-order valence-corrected chi connectivity index (χ1v) is 6.60. The average molecular weight is 272 g/mol. The van der Waals surface area contributed by atoms with E-state index in [1.807, 2.05) is 0 Å². The molecular formula is C15H16N2O3. The Morgan fingerprint density at radius 2 is 2.10 bits per heavy atom. The van der Waals surface area contributed by atoms with Crippen molar-refractivity contribution in [1.82, 2.24) is 9.97 Å². The van der Waals surface area contributed by atoms with E-state index < -0.39 is 0 Å². The second-order valence-corrected chi connectivity index (χ2v) is 4.70. The molecule has 1 aromatic heterocycles. The highest BCUT2D eigenvalue weighted by molar-refractivity contribution is 5.46. The molecule has 3 rings (SSSR count). The summed E-state index contributed by atoms with van der Waals surface area (Å²) in [4.78, 5) is 8.50. The fourth-order valence-corrected chi connectivity index (χ4v) is 2.42. The summed E-state index contributed by atoms with van der Waals surface area (Å²) in [6.07, 6.45) is 4.55. The van der Waals surface area contributed by atoms with Gasteiger partial charge in [0.2, 0.25) is 5.88 Å². The van der Waals surface area contributed by atoms with Gasteiger partial charge in [-0.2, -0.15) is 0 Å². The van der Waals surface area contributed by atoms with E-state index in [-0.39, 0.29) is 6.61 Å². The Hall–Kier alpha value is -2.14. The van der Waals surface area contributed by atoms with E-state index in [4.69, 9.17) is 14.6 Å². The zero-order chi connectivity index (χ0) is 13.9. The van der Waals surface area contributed by atoms with E-state index in [0.29, 0.717) is 17.4 Å². The Morgan fingerprint density at radius 3 is 2.90 bits per heavy atom. The van der Waals surface area contributed by atoms with Crippen LogP contribution in [0.25, 0.3) is 0 Å². The first-order valence-electron chi connectivity index (χ1n) is 6.60. The third kappa shape index (κ3) is 2.32. The molecule has 1 aromatic carbocycles. The number of nitrogens with zero attached hydrogens (tertiary/aromatic N) is 2. The Balaban J connectivity index is 1.94. The van der Waals surface area contributed by atoms with E-state index >= 15 is 0 Å². The van der Waals surface area contributed by atoms with Crippen LogP contribution in [-0.4, -0.2) is 22.2 Å². The van der Waals surface area contributed by atoms with Gasteiger partial charge in [0, 0.05) is 5.56 Å². The molecule has 1 aliphatic carbocycles. The predicted octanol–water partition coefficient (Wildman–Crippen LogP) is 2.26. The summed E-state index contributed by atoms with van der Waals surface area (Å²) in [6, 6.07) is 5.35. The quantitative estimate of drug-likeness (QED) is 0.924. The number of aliphatic hydroxyl groups is 1. The van der Waals surface area contributed by atoms with Crippen molar-refractivity contribution < 1.29 is 14.6 Å². The number of rotatable bonds is 4. The van der Waals surface area contributed by atoms with Crippen LogP contribution in [0.4, 0.5) is 0 Å². The second kappa shape index (κ2) is 5.46. The first-order chi connectivity index (χ1) is 9.81. The normalized spacial score (nSPS) is 13.1. The predicted molar refractivity (Wildman–Crippen MR) is 73.0 cm³/mol. The van der Waals surface area contributed by atoms with Gasteiger partial charge in [0.15, 0.2) is 11.5 Å². The summed E-state index contributed by atoms with van der Waals surface area (Å²) < 4.78 is 11.2. The third-order valence-corrected chi connectivity index (χ3v) is 3.45. The summed E-state index contributed by atoms with van der Waals surface area (Å²) in [5.41, 5.74) is 2.93. The third-order valence-electron chi connectivity index (χ3n) is 3.45. The Kier molecular flexibility index (Phi) is 3.52. The highest BCUT2D eigenvalue weighted by Gasteiger charge is 2.19. The van der Waals surface area contributed by atoms with Crippen LogP contribution < -0.4 is 9.47 Å². The molecule has 2 aromatic rings. The standard InChI is InChI=1S/C15H16N2O3/c1-19-14-7-10(8-18)5-6-13(14)20-15-11-3-2-4-12(11)16-9-17-15/h5-7,9,18H,2-4,8H2,1H3. The lowest BCUT2D eigenvalue weighted by atomic mass is 10.2. The van der Waals surface area contributed by atoms with Gasteiger partial charge in [-0.3, -0.25) is 0 Å². The largest absolute Gasteiger partial charge is 0.493 e. The number of hydrogen-bond donors (Lipinski definition) is 1. The van der Waals surface area contributed by atoms with Crippen LogP contribution >= 0.6 is 0 Å². The maximum atomic E-state index is 9.15. The van der Waals surface area contributed by atoms with Crippen LogP contribution in [0, 0.1) is 0 Å². The minimum absolute atomic E-state index is 0.0282. The molecule has 0 atom stereocenters. The van der Waals surface area contributed by atoms with Gasteiger partial charge >= 0.3 is 0 Å². The number of aliphatic hydroxyl groups excluding tert-OH is 1. The number of benzene rings is 1. The minimum Gasteiger partial charge on any atom is -0.493 e. The summed E-state index contributed by atoms with van der Waals surface area (Å²) in [7, 11) is 1.58. The van der Waals surface area contributed by atoms with Crippen molar-refractivity contribution in [3.63, 3.8) is 0 Å². The van der Waals surface area contributed by atoms with E-state index in [2.05, 4.69) is 9.97 Å². The number of methoxy groups -OCH3 is 1. The molecule has 5 heteroatoms. The monoisotopic (exact) mass is 272 g/mol. The molecule has 0 radical (unpaired) electrons. The van der Waals surface area contributed by atoms with E-state index in [0.717, 1.165) is 36.1 Å². The number of aryl methyl sites for hydroxylation is 1. The molecule has 1 heterocycles. The number of aromatic nitrogens is 2. The fraction of sp³-hybridized carbons (Fsp3) is 0.333. The highest BCUT2D eigenvalue weighted by atomic mass is 16.5. The van der Waals surface area contributed by atoms with Gasteiger partial charge in [0.05, 0.1) is 19.4 Å². The SMILES string of the molecule is COc1cc(CO)ccc1Oc1ncnc2c1CCC2. The fourth-order valence-electron chi connectivity index (χ4n) is 2.42. The van der Waals surface area contributed by atoms with Gasteiger partial charge in [0.25, 0.3) is 0 Å². The van der Waals surface area contributed by atoms with Crippen molar-refractivity contribution in [2.75, 3.05) is 7.11 Å². The molecule has 5 nitrogen and oxygen atoms in total. The van der Waals surface area contributed by atoms with Crippen LogP contribution in [0.2, 0.25) is 0 Å². The molecule has 1 N–H and O–H groups in total. The van der Waals surface area contributed by atoms with Crippen molar-refractivity contribution in [3.05, 3.63) is 41.3 Å². The molecule has 0 amide bonds. The molecule has 0 bridgehead atoms. The maximum Gasteiger partial charge on any atom is 0.225 e. The van der Waals surface area contributed by atoms with Gasteiger partial charge in [-0.15, -0.1) is 0 Å². The zero-order valence-corrected chi connectivity index (χ0v) is 11.3. The Bertz CT molecular complexity index is 629. The summed E-state index contributed by atoms with van der Waals surface area (Å²) in [6.45, 7) is -0.0282. The van der Waals surface area contributed by atoms with Crippen LogP contribution in [0.15, 0.2) is 24.5 Å². The number of fused-ring (bicyclic) bond motifs is 1. The van der Waals surface area contributed by atoms with Crippen LogP contribution in [0.1, 0.15) is 23.2 Å². The molecule has 0 spiro atoms. The van der Waals surface area contributed by atoms with Gasteiger partial charge in [-0.1, -0.05) is 6.07 Å². The van der Waals surface area contributed by atoms with Crippen molar-refractivity contribution in [3.8, 4) is 17.4 Å². The zero-order valence-electron chi connectivity index (χ0n) is 11.3. The summed E-state index contributed by atoms with van der Waals surface area (Å²) in [5, 5.41) is 9.15. The molecule has 0 fully saturated rings. The topological polar surface area (TPSA) is 64.5 Å². The summed E-state index contributed by atoms with van der Waals surface area (Å²) >= 11 is 0.